The summed E-state index contributed by atoms with van der Waals surface area (Å²) in [7, 11) is 0. The second kappa shape index (κ2) is 26.8. The van der Waals surface area contributed by atoms with Crippen molar-refractivity contribution in [2.24, 2.45) is 28.2 Å². The number of carbonyl (C=O) groups is 3. The van der Waals surface area contributed by atoms with Crippen molar-refractivity contribution in [1.29, 1.82) is 0 Å². The van der Waals surface area contributed by atoms with Gasteiger partial charge in [0.2, 0.25) is 5.91 Å². The third-order valence-corrected chi connectivity index (χ3v) is 13.1. The van der Waals surface area contributed by atoms with E-state index in [1.54, 1.807) is 11.3 Å². The number of rotatable bonds is 27. The molecule has 5 amide bonds. The van der Waals surface area contributed by atoms with Gasteiger partial charge in [-0.2, -0.15) is 0 Å². The number of ether oxygens (including phenoxy) is 1. The monoisotopic (exact) mass is 781 g/mol. The van der Waals surface area contributed by atoms with E-state index >= 15 is 0 Å². The van der Waals surface area contributed by atoms with Crippen LogP contribution < -0.4 is 16.0 Å². The highest BCUT2D eigenvalue weighted by molar-refractivity contribution is 5.77. The van der Waals surface area contributed by atoms with Crippen LogP contribution in [0.1, 0.15) is 162 Å². The van der Waals surface area contributed by atoms with Gasteiger partial charge in [0.05, 0.1) is 6.54 Å². The maximum Gasteiger partial charge on any atom is 0.317 e. The van der Waals surface area contributed by atoms with E-state index in [1.807, 2.05) is 4.90 Å². The van der Waals surface area contributed by atoms with Gasteiger partial charge in [0.25, 0.3) is 0 Å². The van der Waals surface area contributed by atoms with Gasteiger partial charge in [-0.15, -0.1) is 0 Å². The molecule has 2 aliphatic heterocycles. The molecule has 318 valence electrons. The molecule has 1 saturated carbocycles. The minimum atomic E-state index is -0.0322. The van der Waals surface area contributed by atoms with E-state index in [4.69, 9.17) is 9.73 Å². The molecular weight excluding hydrogens is 701 g/mol. The molecule has 4 aliphatic rings. The van der Waals surface area contributed by atoms with E-state index in [-0.39, 0.29) is 29.5 Å². The summed E-state index contributed by atoms with van der Waals surface area (Å²) in [6.45, 7) is 9.76. The van der Waals surface area contributed by atoms with Gasteiger partial charge in [0.15, 0.2) is 6.40 Å². The predicted octanol–water partition coefficient (Wildman–Crippen LogP) is 9.55. The first-order valence-corrected chi connectivity index (χ1v) is 23.3. The number of nitrogens with zero attached hydrogens (tertiary/aromatic N) is 3. The second-order valence-corrected chi connectivity index (χ2v) is 17.1. The van der Waals surface area contributed by atoms with Crippen molar-refractivity contribution in [2.45, 2.75) is 168 Å². The predicted molar refractivity (Wildman–Crippen MR) is 230 cm³/mol. The highest BCUT2D eigenvalue weighted by atomic mass is 16.5. The molecule has 0 aromatic heterocycles. The number of allylic oxidation sites excluding steroid dienone is 4. The normalized spacial score (nSPS) is 25.6. The zero-order chi connectivity index (χ0) is 39.7. The average molecular weight is 781 g/mol. The first kappa shape index (κ1) is 45.7. The van der Waals surface area contributed by atoms with Crippen molar-refractivity contribution >= 4 is 24.4 Å². The Bertz CT molecular complexity index is 1220. The van der Waals surface area contributed by atoms with E-state index in [0.29, 0.717) is 70.0 Å². The Morgan fingerprint density at radius 3 is 2.30 bits per heavy atom. The minimum Gasteiger partial charge on any atom is -0.480 e. The van der Waals surface area contributed by atoms with Crippen LogP contribution in [0.4, 0.5) is 9.59 Å². The Morgan fingerprint density at radius 2 is 1.54 bits per heavy atom. The van der Waals surface area contributed by atoms with E-state index in [1.165, 1.54) is 109 Å². The first-order chi connectivity index (χ1) is 27.5. The van der Waals surface area contributed by atoms with Crippen LogP contribution >= 0.6 is 0 Å². The molecule has 2 heterocycles. The van der Waals surface area contributed by atoms with Gasteiger partial charge < -0.3 is 30.5 Å². The smallest absolute Gasteiger partial charge is 0.317 e. The number of carbonyl (C=O) groups excluding carboxylic acids is 3. The van der Waals surface area contributed by atoms with Crippen LogP contribution in [0.25, 0.3) is 0 Å². The summed E-state index contributed by atoms with van der Waals surface area (Å²) in [5.41, 5.74) is 0.0760. The SMILES string of the molecule is CCCCCC=CCC1C(CCCCCCCC(=O)NCCN2CCNC2=O)C=CC(CCCCCC)C12CCCCCCC2OC=NCCN1CCNC1=O. The van der Waals surface area contributed by atoms with Crippen molar-refractivity contribution in [1.82, 2.24) is 25.8 Å². The lowest BCUT2D eigenvalue weighted by Gasteiger charge is -2.55. The third kappa shape index (κ3) is 15.0. The number of unbranched alkanes of at least 4 members (excludes halogenated alkanes) is 10. The molecule has 4 rings (SSSR count). The van der Waals surface area contributed by atoms with Gasteiger partial charge in [-0.25, -0.2) is 9.59 Å². The Kier molecular flexibility index (Phi) is 21.8. The van der Waals surface area contributed by atoms with Crippen LogP contribution in [-0.4, -0.2) is 92.6 Å². The summed E-state index contributed by atoms with van der Waals surface area (Å²) >= 11 is 0. The fraction of sp³-hybridized carbons (Fsp3) is 0.826. The Labute approximate surface area is 340 Å². The topological polar surface area (TPSA) is 115 Å². The molecule has 0 aromatic rings. The molecule has 56 heavy (non-hydrogen) atoms. The number of hydrogen-bond acceptors (Lipinski definition) is 5. The lowest BCUT2D eigenvalue weighted by atomic mass is 9.51. The second-order valence-electron chi connectivity index (χ2n) is 17.1. The summed E-state index contributed by atoms with van der Waals surface area (Å²) < 4.78 is 6.92. The maximum atomic E-state index is 12.4. The quantitative estimate of drug-likeness (QED) is 0.0333. The maximum absolute atomic E-state index is 12.4. The van der Waals surface area contributed by atoms with Gasteiger partial charge in [0, 0.05) is 57.6 Å². The molecule has 0 bridgehead atoms. The van der Waals surface area contributed by atoms with E-state index < -0.39 is 0 Å². The molecule has 3 N–H and O–H groups in total. The Hall–Kier alpha value is -3.04. The zero-order valence-electron chi connectivity index (χ0n) is 35.6. The summed E-state index contributed by atoms with van der Waals surface area (Å²) in [4.78, 5) is 44.6. The summed E-state index contributed by atoms with van der Waals surface area (Å²) in [6, 6.07) is -0.0170. The number of nitrogens with one attached hydrogen (secondary N) is 3. The van der Waals surface area contributed by atoms with E-state index in [2.05, 4.69) is 54.1 Å². The summed E-state index contributed by atoms with van der Waals surface area (Å²) in [5.74, 6) is 1.67. The Balaban J connectivity index is 1.41. The molecule has 1 spiro atoms. The highest BCUT2D eigenvalue weighted by Gasteiger charge is 2.53. The molecular formula is C46H80N6O4. The summed E-state index contributed by atoms with van der Waals surface area (Å²) in [5, 5.41) is 8.70. The third-order valence-electron chi connectivity index (χ3n) is 13.1. The van der Waals surface area contributed by atoms with Crippen LogP contribution in [0.2, 0.25) is 0 Å². The van der Waals surface area contributed by atoms with Gasteiger partial charge in [-0.05, 0) is 75.5 Å². The molecule has 2 aliphatic carbocycles. The van der Waals surface area contributed by atoms with Gasteiger partial charge in [0.1, 0.15) is 6.10 Å². The van der Waals surface area contributed by atoms with Crippen LogP contribution in [-0.2, 0) is 9.53 Å². The highest BCUT2D eigenvalue weighted by Crippen LogP contribution is 2.57. The standard InChI is InChI=1S/C46H80N6O4/c1-3-5-7-9-12-18-24-41-39(22-16-11-10-13-20-26-43(53)48-31-35-52-37-33-50-45(52)55)27-28-40(23-17-8-6-4-2)46(41)29-21-15-14-19-25-42(46)56-38-47-30-34-51-36-32-49-44(51)54/h12,18,27-28,38-42H,3-11,13-17,19-26,29-37H2,1-2H3,(H,48,53)(H,49,54)(H,50,55). The molecule has 3 fully saturated rings. The van der Waals surface area contributed by atoms with Gasteiger partial charge >= 0.3 is 12.1 Å². The fourth-order valence-corrected chi connectivity index (χ4v) is 9.98. The van der Waals surface area contributed by atoms with Gasteiger partial charge in [-0.3, -0.25) is 9.79 Å². The summed E-state index contributed by atoms with van der Waals surface area (Å²) in [6.07, 6.45) is 39.4. The lowest BCUT2D eigenvalue weighted by molar-refractivity contribution is -0.121. The van der Waals surface area contributed by atoms with Crippen molar-refractivity contribution in [2.75, 3.05) is 52.4 Å². The van der Waals surface area contributed by atoms with Crippen molar-refractivity contribution in [3.8, 4) is 0 Å². The zero-order valence-corrected chi connectivity index (χ0v) is 35.6. The van der Waals surface area contributed by atoms with Crippen LogP contribution in [0.5, 0.6) is 0 Å². The first-order valence-electron chi connectivity index (χ1n) is 23.3. The lowest BCUT2D eigenvalue weighted by Crippen LogP contribution is -2.52. The molecule has 5 atom stereocenters. The van der Waals surface area contributed by atoms with E-state index in [0.717, 1.165) is 38.6 Å². The number of urea groups is 2. The van der Waals surface area contributed by atoms with Crippen molar-refractivity contribution in [3.05, 3.63) is 24.3 Å². The van der Waals surface area contributed by atoms with Crippen LogP contribution in [0.15, 0.2) is 29.3 Å². The van der Waals surface area contributed by atoms with Crippen molar-refractivity contribution < 1.29 is 19.1 Å². The minimum absolute atomic E-state index is 0.0152. The van der Waals surface area contributed by atoms with Gasteiger partial charge in [-0.1, -0.05) is 122 Å². The number of amides is 5. The average Bonchev–Trinajstić information content (AvgIpc) is 3.80. The van der Waals surface area contributed by atoms with Crippen molar-refractivity contribution in [3.63, 3.8) is 0 Å². The molecule has 10 nitrogen and oxygen atoms in total. The molecule has 5 unspecified atom stereocenters. The fourth-order valence-electron chi connectivity index (χ4n) is 9.98. The molecule has 0 radical (unpaired) electrons. The van der Waals surface area contributed by atoms with Crippen LogP contribution in [0, 0.1) is 23.2 Å². The number of aliphatic imine (C=N–C) groups is 1. The Morgan fingerprint density at radius 1 is 0.839 bits per heavy atom. The molecule has 0 aromatic carbocycles. The van der Waals surface area contributed by atoms with Crippen LogP contribution in [0.3, 0.4) is 0 Å². The molecule has 2 saturated heterocycles. The largest absolute Gasteiger partial charge is 0.480 e. The number of hydrogen-bond donors (Lipinski definition) is 3. The van der Waals surface area contributed by atoms with E-state index in [9.17, 15) is 14.4 Å². The molecule has 10 heteroatoms.